The number of hydrogen-bond acceptors (Lipinski definition) is 1. The van der Waals surface area contributed by atoms with Crippen molar-refractivity contribution in [1.29, 1.82) is 0 Å². The first kappa shape index (κ1) is 12.2. The van der Waals surface area contributed by atoms with Crippen LogP contribution in [0.3, 0.4) is 0 Å². The molecule has 0 saturated heterocycles. The summed E-state index contributed by atoms with van der Waals surface area (Å²) in [5.74, 6) is -0.823. The van der Waals surface area contributed by atoms with Gasteiger partial charge >= 0.3 is 5.97 Å². The van der Waals surface area contributed by atoms with Crippen molar-refractivity contribution < 1.29 is 9.90 Å². The number of halogens is 1. The molecule has 0 heterocycles. The van der Waals surface area contributed by atoms with E-state index in [1.807, 2.05) is 6.07 Å². The first-order valence-electron chi connectivity index (χ1n) is 6.17. The zero-order valence-electron chi connectivity index (χ0n) is 10.5. The number of benzene rings is 2. The third-order valence-corrected chi connectivity index (χ3v) is 3.79. The number of fused-ring (bicyclic) bond motifs is 3. The van der Waals surface area contributed by atoms with E-state index in [0.717, 1.165) is 23.1 Å². The average Bonchev–Trinajstić information content (AvgIpc) is 2.67. The lowest BCUT2D eigenvalue weighted by molar-refractivity contribution is -0.136. The van der Waals surface area contributed by atoms with Crippen LogP contribution in [0.15, 0.2) is 30.3 Å². The van der Waals surface area contributed by atoms with Crippen LogP contribution in [0.2, 0.25) is 5.02 Å². The molecule has 0 saturated carbocycles. The fraction of sp³-hybridized carbons (Fsp3) is 0.188. The summed E-state index contributed by atoms with van der Waals surface area (Å²) in [5.41, 5.74) is 6.64. The Labute approximate surface area is 116 Å². The van der Waals surface area contributed by atoms with Crippen LogP contribution in [-0.4, -0.2) is 11.1 Å². The minimum absolute atomic E-state index is 0.0237. The molecule has 0 bridgehead atoms. The minimum Gasteiger partial charge on any atom is -0.481 e. The smallest absolute Gasteiger partial charge is 0.307 e. The lowest BCUT2D eigenvalue weighted by Crippen LogP contribution is -2.03. The van der Waals surface area contributed by atoms with Crippen molar-refractivity contribution in [3.05, 3.63) is 57.6 Å². The SMILES string of the molecule is Cc1ccc2c(c1)-c1cc(Cl)cc(CC(=O)O)c1C2. The van der Waals surface area contributed by atoms with Crippen molar-refractivity contribution in [2.24, 2.45) is 0 Å². The fourth-order valence-corrected chi connectivity index (χ4v) is 2.99. The lowest BCUT2D eigenvalue weighted by Gasteiger charge is -2.08. The Hall–Kier alpha value is -1.80. The highest BCUT2D eigenvalue weighted by Gasteiger charge is 2.22. The molecule has 0 aromatic heterocycles. The summed E-state index contributed by atoms with van der Waals surface area (Å²) in [5, 5.41) is 9.61. The van der Waals surface area contributed by atoms with Crippen LogP contribution in [0.25, 0.3) is 11.1 Å². The Morgan fingerprint density at radius 3 is 2.79 bits per heavy atom. The monoisotopic (exact) mass is 272 g/mol. The Balaban J connectivity index is 2.19. The number of rotatable bonds is 2. The molecule has 3 heteroatoms. The second-order valence-corrected chi connectivity index (χ2v) is 5.44. The van der Waals surface area contributed by atoms with Gasteiger partial charge in [-0.3, -0.25) is 4.79 Å². The molecule has 0 fully saturated rings. The van der Waals surface area contributed by atoms with E-state index >= 15 is 0 Å². The predicted molar refractivity (Wildman–Crippen MR) is 75.8 cm³/mol. The first-order chi connectivity index (χ1) is 9.04. The predicted octanol–water partition coefficient (Wildman–Crippen LogP) is 3.85. The summed E-state index contributed by atoms with van der Waals surface area (Å²) < 4.78 is 0. The zero-order valence-corrected chi connectivity index (χ0v) is 11.3. The third-order valence-electron chi connectivity index (χ3n) is 3.57. The van der Waals surface area contributed by atoms with Gasteiger partial charge in [0.1, 0.15) is 0 Å². The summed E-state index contributed by atoms with van der Waals surface area (Å²) in [6, 6.07) is 10.1. The quantitative estimate of drug-likeness (QED) is 0.769. The lowest BCUT2D eigenvalue weighted by atomic mass is 9.99. The Morgan fingerprint density at radius 1 is 1.26 bits per heavy atom. The van der Waals surface area contributed by atoms with E-state index in [9.17, 15) is 4.79 Å². The largest absolute Gasteiger partial charge is 0.481 e. The second kappa shape index (κ2) is 4.39. The van der Waals surface area contributed by atoms with E-state index < -0.39 is 5.97 Å². The molecule has 0 amide bonds. The number of carboxylic acid groups (broad SMARTS) is 1. The molecule has 19 heavy (non-hydrogen) atoms. The van der Waals surface area contributed by atoms with Gasteiger partial charge in [0, 0.05) is 5.02 Å². The van der Waals surface area contributed by atoms with E-state index in [1.165, 1.54) is 16.7 Å². The van der Waals surface area contributed by atoms with Crippen LogP contribution >= 0.6 is 11.6 Å². The van der Waals surface area contributed by atoms with Crippen molar-refractivity contribution in [2.45, 2.75) is 19.8 Å². The summed E-state index contributed by atoms with van der Waals surface area (Å²) in [6.45, 7) is 2.06. The number of aryl methyl sites for hydroxylation is 1. The maximum absolute atomic E-state index is 11.0. The summed E-state index contributed by atoms with van der Waals surface area (Å²) in [7, 11) is 0. The van der Waals surface area contributed by atoms with Gasteiger partial charge in [0.25, 0.3) is 0 Å². The van der Waals surface area contributed by atoms with Crippen molar-refractivity contribution in [3.63, 3.8) is 0 Å². The second-order valence-electron chi connectivity index (χ2n) is 5.00. The van der Waals surface area contributed by atoms with Crippen LogP contribution in [0.5, 0.6) is 0 Å². The van der Waals surface area contributed by atoms with Gasteiger partial charge in [-0.15, -0.1) is 0 Å². The standard InChI is InChI=1S/C16H13ClO2/c1-9-2-3-10-6-14-11(7-16(18)19)5-12(17)8-15(14)13(10)4-9/h2-5,8H,6-7H2,1H3,(H,18,19). The van der Waals surface area contributed by atoms with Gasteiger partial charge in [-0.2, -0.15) is 0 Å². The van der Waals surface area contributed by atoms with E-state index in [0.29, 0.717) is 5.02 Å². The van der Waals surface area contributed by atoms with E-state index in [4.69, 9.17) is 16.7 Å². The van der Waals surface area contributed by atoms with Gasteiger partial charge in [-0.05, 0) is 53.3 Å². The van der Waals surface area contributed by atoms with Crippen molar-refractivity contribution in [2.75, 3.05) is 0 Å². The van der Waals surface area contributed by atoms with Crippen molar-refractivity contribution in [1.82, 2.24) is 0 Å². The molecule has 0 radical (unpaired) electrons. The molecular weight excluding hydrogens is 260 g/mol. The molecule has 2 aromatic rings. The van der Waals surface area contributed by atoms with Crippen molar-refractivity contribution >= 4 is 17.6 Å². The van der Waals surface area contributed by atoms with Crippen LogP contribution < -0.4 is 0 Å². The summed E-state index contributed by atoms with van der Waals surface area (Å²) in [4.78, 5) is 11.0. The molecular formula is C16H13ClO2. The maximum Gasteiger partial charge on any atom is 0.307 e. The van der Waals surface area contributed by atoms with Crippen molar-refractivity contribution in [3.8, 4) is 11.1 Å². The van der Waals surface area contributed by atoms with Gasteiger partial charge in [0.15, 0.2) is 0 Å². The van der Waals surface area contributed by atoms with Gasteiger partial charge in [-0.25, -0.2) is 0 Å². The molecule has 1 aliphatic carbocycles. The highest BCUT2D eigenvalue weighted by Crippen LogP contribution is 2.40. The van der Waals surface area contributed by atoms with Gasteiger partial charge in [0.2, 0.25) is 0 Å². The number of hydrogen-bond donors (Lipinski definition) is 1. The summed E-state index contributed by atoms with van der Waals surface area (Å²) in [6.07, 6.45) is 0.820. The van der Waals surface area contributed by atoms with Crippen LogP contribution in [0.4, 0.5) is 0 Å². The number of carboxylic acids is 1. The maximum atomic E-state index is 11.0. The van der Waals surface area contributed by atoms with Crippen LogP contribution in [0.1, 0.15) is 22.3 Å². The average molecular weight is 273 g/mol. The molecule has 0 atom stereocenters. The molecule has 3 rings (SSSR count). The Kier molecular flexibility index (Phi) is 2.83. The van der Waals surface area contributed by atoms with Crippen LogP contribution in [0, 0.1) is 6.92 Å². The molecule has 96 valence electrons. The fourth-order valence-electron chi connectivity index (χ4n) is 2.75. The molecule has 0 unspecified atom stereocenters. The van der Waals surface area contributed by atoms with Gasteiger partial charge in [0.05, 0.1) is 6.42 Å². The highest BCUT2D eigenvalue weighted by molar-refractivity contribution is 6.31. The molecule has 0 aliphatic heterocycles. The normalized spacial score (nSPS) is 12.1. The first-order valence-corrected chi connectivity index (χ1v) is 6.55. The Bertz CT molecular complexity index is 689. The molecule has 1 aliphatic rings. The zero-order chi connectivity index (χ0) is 13.6. The van der Waals surface area contributed by atoms with E-state index in [-0.39, 0.29) is 6.42 Å². The molecule has 1 N–H and O–H groups in total. The molecule has 0 spiro atoms. The van der Waals surface area contributed by atoms with E-state index in [2.05, 4.69) is 25.1 Å². The number of carbonyl (C=O) groups is 1. The van der Waals surface area contributed by atoms with Crippen LogP contribution in [-0.2, 0) is 17.6 Å². The number of aliphatic carboxylic acids is 1. The topological polar surface area (TPSA) is 37.3 Å². The van der Waals surface area contributed by atoms with Gasteiger partial charge in [-0.1, -0.05) is 35.4 Å². The highest BCUT2D eigenvalue weighted by atomic mass is 35.5. The van der Waals surface area contributed by atoms with E-state index in [1.54, 1.807) is 6.07 Å². The minimum atomic E-state index is -0.823. The van der Waals surface area contributed by atoms with Gasteiger partial charge < -0.3 is 5.11 Å². The Morgan fingerprint density at radius 2 is 2.05 bits per heavy atom. The molecule has 2 nitrogen and oxygen atoms in total. The molecule has 2 aromatic carbocycles. The summed E-state index contributed by atoms with van der Waals surface area (Å²) >= 11 is 6.13. The third kappa shape index (κ3) is 2.13.